The molecule has 0 aromatic heterocycles. The van der Waals surface area contributed by atoms with Crippen LogP contribution in [0, 0.1) is 0 Å². The van der Waals surface area contributed by atoms with Crippen LogP contribution in [-0.2, 0) is 30.5 Å². The molecule has 40 heavy (non-hydrogen) atoms. The maximum Gasteiger partial charge on any atom is 0.329 e. The second-order valence-electron chi connectivity index (χ2n) is 11.3. The number of ether oxygens (including phenoxy) is 3. The Morgan fingerprint density at radius 3 is 1.98 bits per heavy atom. The van der Waals surface area contributed by atoms with E-state index < -0.39 is 23.7 Å². The summed E-state index contributed by atoms with van der Waals surface area (Å²) in [4.78, 5) is 55.5. The first-order valence-electron chi connectivity index (χ1n) is 13.9. The van der Waals surface area contributed by atoms with Crippen LogP contribution in [0.25, 0.3) is 0 Å². The van der Waals surface area contributed by atoms with Gasteiger partial charge in [0.2, 0.25) is 11.8 Å². The lowest BCUT2D eigenvalue weighted by molar-refractivity contribution is -0.163. The van der Waals surface area contributed by atoms with Crippen molar-refractivity contribution in [2.75, 3.05) is 40.4 Å². The van der Waals surface area contributed by atoms with Crippen molar-refractivity contribution in [1.29, 1.82) is 0 Å². The molecule has 11 nitrogen and oxygen atoms in total. The molecular formula is C29H43N3O8. The molecule has 0 radical (unpaired) electrons. The topological polar surface area (TPSA) is 126 Å². The molecule has 2 heterocycles. The highest BCUT2D eigenvalue weighted by atomic mass is 16.6. The molecule has 0 spiro atoms. The number of carboxylic acid groups (broad SMARTS) is 1. The number of aliphatic carboxylic acids is 1. The van der Waals surface area contributed by atoms with Crippen LogP contribution in [0.4, 0.5) is 0 Å². The van der Waals surface area contributed by atoms with Crippen LogP contribution in [0.15, 0.2) is 18.2 Å². The lowest BCUT2D eigenvalue weighted by Crippen LogP contribution is -2.44. The molecule has 1 N–H and O–H groups in total. The Balaban J connectivity index is 1.69. The average Bonchev–Trinajstić information content (AvgIpc) is 3.59. The highest BCUT2D eigenvalue weighted by Crippen LogP contribution is 2.28. The molecule has 0 aliphatic carbocycles. The van der Waals surface area contributed by atoms with E-state index in [-0.39, 0.29) is 30.6 Å². The zero-order chi connectivity index (χ0) is 29.4. The van der Waals surface area contributed by atoms with Gasteiger partial charge in [0.1, 0.15) is 17.7 Å². The Bertz CT molecular complexity index is 1070. The quantitative estimate of drug-likeness (QED) is 0.383. The van der Waals surface area contributed by atoms with E-state index in [4.69, 9.17) is 14.2 Å². The van der Waals surface area contributed by atoms with Crippen molar-refractivity contribution in [3.8, 4) is 11.5 Å². The summed E-state index contributed by atoms with van der Waals surface area (Å²) in [5.74, 6) is -0.543. The SMILES string of the molecule is COc1ccc(CN(CCC(=O)N2CCC[C@@H]2C(=O)O)CCC(=O)N2CCC[C@@H]2C(=O)OC(C)(C)C)cc1OC. The maximum absolute atomic E-state index is 13.2. The Labute approximate surface area is 236 Å². The summed E-state index contributed by atoms with van der Waals surface area (Å²) in [5, 5.41) is 9.47. The molecule has 2 atom stereocenters. The standard InChI is InChI=1S/C29H43N3O8/c1-29(2,3)40-28(37)22-9-7-15-32(22)26(34)13-17-30(19-20-10-11-23(38-4)24(18-20)39-5)16-12-25(33)31-14-6-8-21(31)27(35)36/h10-11,18,21-22H,6-9,12-17,19H2,1-5H3,(H,35,36)/t21-,22-/m1/s1. The monoisotopic (exact) mass is 561 g/mol. The highest BCUT2D eigenvalue weighted by molar-refractivity contribution is 5.86. The number of hydrogen-bond donors (Lipinski definition) is 1. The van der Waals surface area contributed by atoms with Crippen LogP contribution in [0.3, 0.4) is 0 Å². The smallest absolute Gasteiger partial charge is 0.329 e. The minimum absolute atomic E-state index is 0.134. The van der Waals surface area contributed by atoms with Crippen LogP contribution < -0.4 is 9.47 Å². The molecule has 2 aliphatic rings. The highest BCUT2D eigenvalue weighted by Gasteiger charge is 2.37. The third kappa shape index (κ3) is 8.33. The van der Waals surface area contributed by atoms with Gasteiger partial charge in [-0.15, -0.1) is 0 Å². The Kier molecular flexibility index (Phi) is 10.8. The van der Waals surface area contributed by atoms with Gasteiger partial charge in [-0.2, -0.15) is 0 Å². The van der Waals surface area contributed by atoms with E-state index in [1.807, 2.05) is 17.0 Å². The van der Waals surface area contributed by atoms with Gasteiger partial charge in [0.05, 0.1) is 14.2 Å². The Morgan fingerprint density at radius 1 is 0.900 bits per heavy atom. The summed E-state index contributed by atoms with van der Waals surface area (Å²) in [6.45, 7) is 7.51. The fourth-order valence-corrected chi connectivity index (χ4v) is 5.30. The molecule has 1 aromatic carbocycles. The third-order valence-corrected chi connectivity index (χ3v) is 7.25. The molecule has 222 valence electrons. The van der Waals surface area contributed by atoms with Crippen molar-refractivity contribution in [2.24, 2.45) is 0 Å². The number of carboxylic acids is 1. The second-order valence-corrected chi connectivity index (χ2v) is 11.3. The van der Waals surface area contributed by atoms with E-state index in [0.717, 1.165) is 12.0 Å². The molecule has 0 unspecified atom stereocenters. The number of amides is 2. The normalized spacial score (nSPS) is 19.1. The van der Waals surface area contributed by atoms with Crippen LogP contribution in [0.2, 0.25) is 0 Å². The van der Waals surface area contributed by atoms with E-state index >= 15 is 0 Å². The average molecular weight is 562 g/mol. The number of carbonyl (C=O) groups excluding carboxylic acids is 3. The van der Waals surface area contributed by atoms with Gasteiger partial charge >= 0.3 is 11.9 Å². The van der Waals surface area contributed by atoms with Crippen molar-refractivity contribution in [3.63, 3.8) is 0 Å². The summed E-state index contributed by atoms with van der Waals surface area (Å²) >= 11 is 0. The van der Waals surface area contributed by atoms with Crippen LogP contribution in [0.1, 0.15) is 64.9 Å². The first kappa shape index (κ1) is 31.2. The van der Waals surface area contributed by atoms with Crippen molar-refractivity contribution in [1.82, 2.24) is 14.7 Å². The Morgan fingerprint density at radius 2 is 1.45 bits per heavy atom. The molecule has 2 fully saturated rings. The van der Waals surface area contributed by atoms with Gasteiger partial charge in [-0.1, -0.05) is 6.07 Å². The van der Waals surface area contributed by atoms with Crippen molar-refractivity contribution >= 4 is 23.8 Å². The van der Waals surface area contributed by atoms with E-state index in [2.05, 4.69) is 0 Å². The fourth-order valence-electron chi connectivity index (χ4n) is 5.30. The predicted molar refractivity (Wildman–Crippen MR) is 147 cm³/mol. The predicted octanol–water partition coefficient (Wildman–Crippen LogP) is 2.69. The summed E-state index contributed by atoms with van der Waals surface area (Å²) in [6.07, 6.45) is 2.74. The van der Waals surface area contributed by atoms with Crippen LogP contribution >= 0.6 is 0 Å². The van der Waals surface area contributed by atoms with Gasteiger partial charge in [-0.25, -0.2) is 9.59 Å². The lowest BCUT2D eigenvalue weighted by Gasteiger charge is -2.29. The molecule has 3 rings (SSSR count). The summed E-state index contributed by atoms with van der Waals surface area (Å²) in [7, 11) is 3.12. The van der Waals surface area contributed by atoms with Gasteiger partial charge in [0.15, 0.2) is 11.5 Å². The van der Waals surface area contributed by atoms with Crippen LogP contribution in [-0.4, -0.2) is 102 Å². The van der Waals surface area contributed by atoms with E-state index in [9.17, 15) is 24.3 Å². The fraction of sp³-hybridized carbons (Fsp3) is 0.655. The van der Waals surface area contributed by atoms with Crippen molar-refractivity contribution in [2.45, 2.75) is 83.5 Å². The minimum Gasteiger partial charge on any atom is -0.493 e. The van der Waals surface area contributed by atoms with E-state index in [1.54, 1.807) is 46.0 Å². The molecule has 2 aliphatic heterocycles. The molecule has 2 saturated heterocycles. The van der Waals surface area contributed by atoms with Crippen molar-refractivity contribution in [3.05, 3.63) is 23.8 Å². The van der Waals surface area contributed by atoms with E-state index in [0.29, 0.717) is 63.5 Å². The van der Waals surface area contributed by atoms with E-state index in [1.165, 1.54) is 4.90 Å². The molecular weight excluding hydrogens is 518 g/mol. The molecule has 0 saturated carbocycles. The molecule has 1 aromatic rings. The number of methoxy groups -OCH3 is 2. The van der Waals surface area contributed by atoms with Gasteiger partial charge in [0.25, 0.3) is 0 Å². The second kappa shape index (κ2) is 13.8. The first-order chi connectivity index (χ1) is 18.9. The summed E-state index contributed by atoms with van der Waals surface area (Å²) in [5.41, 5.74) is 0.279. The van der Waals surface area contributed by atoms with Crippen molar-refractivity contribution < 1.29 is 38.5 Å². The number of rotatable bonds is 12. The zero-order valence-corrected chi connectivity index (χ0v) is 24.3. The number of esters is 1. The number of likely N-dealkylation sites (tertiary alicyclic amines) is 2. The van der Waals surface area contributed by atoms with Gasteiger partial charge in [-0.05, 0) is 64.2 Å². The first-order valence-corrected chi connectivity index (χ1v) is 13.9. The summed E-state index contributed by atoms with van der Waals surface area (Å²) < 4.78 is 16.3. The number of carbonyl (C=O) groups is 4. The number of nitrogens with zero attached hydrogens (tertiary/aromatic N) is 3. The number of benzene rings is 1. The largest absolute Gasteiger partial charge is 0.493 e. The minimum atomic E-state index is -0.983. The van der Waals surface area contributed by atoms with Gasteiger partial charge < -0.3 is 29.1 Å². The van der Waals surface area contributed by atoms with Crippen LogP contribution in [0.5, 0.6) is 11.5 Å². The molecule has 11 heteroatoms. The van der Waals surface area contributed by atoms with Gasteiger partial charge in [-0.3, -0.25) is 14.5 Å². The van der Waals surface area contributed by atoms with Gasteiger partial charge in [0, 0.05) is 45.6 Å². The molecule has 2 amide bonds. The summed E-state index contributed by atoms with van der Waals surface area (Å²) in [6, 6.07) is 4.19. The Hall–Kier alpha value is -3.34. The number of hydrogen-bond acceptors (Lipinski definition) is 8. The third-order valence-electron chi connectivity index (χ3n) is 7.25. The maximum atomic E-state index is 13.2. The lowest BCUT2D eigenvalue weighted by atomic mass is 10.1. The molecule has 0 bridgehead atoms. The zero-order valence-electron chi connectivity index (χ0n) is 24.3.